The van der Waals surface area contributed by atoms with Crippen LogP contribution in [-0.4, -0.2) is 54.3 Å². The third kappa shape index (κ3) is 48.8. The quantitative estimate of drug-likeness (QED) is 0.0239. The van der Waals surface area contributed by atoms with Crippen molar-refractivity contribution in [3.05, 3.63) is 146 Å². The fraction of sp³-hybridized carbons (Fsp3) is 0.509. The van der Waals surface area contributed by atoms with Gasteiger partial charge in [-0.3, -0.25) is 18.6 Å². The summed E-state index contributed by atoms with van der Waals surface area (Å²) in [7, 11) is -4.46. The molecule has 0 radical (unpaired) electrons. The number of unbranched alkanes of at least 4 members (excludes halogenated alkanes) is 5. The van der Waals surface area contributed by atoms with E-state index >= 15 is 0 Å². The molecule has 10 heteroatoms. The molecule has 0 aliphatic carbocycles. The Morgan fingerprint density at radius 3 is 1.33 bits per heavy atom. The molecule has 3 N–H and O–H groups in total. The normalized spacial score (nSPS) is 14.5. The first-order chi connectivity index (χ1) is 30.8. The predicted octanol–water partition coefficient (Wildman–Crippen LogP) is 13.7. The minimum atomic E-state index is -4.46. The second kappa shape index (κ2) is 47.4. The van der Waals surface area contributed by atoms with E-state index in [-0.39, 0.29) is 32.1 Å². The molecule has 1 amide bonds. The van der Waals surface area contributed by atoms with E-state index in [1.165, 1.54) is 0 Å². The van der Waals surface area contributed by atoms with Crippen LogP contribution in [0.2, 0.25) is 0 Å². The zero-order valence-corrected chi connectivity index (χ0v) is 39.6. The van der Waals surface area contributed by atoms with Gasteiger partial charge in [0.25, 0.3) is 0 Å². The van der Waals surface area contributed by atoms with Gasteiger partial charge in [-0.2, -0.15) is 0 Å². The Labute approximate surface area is 382 Å². The summed E-state index contributed by atoms with van der Waals surface area (Å²) in [5.74, 6) is -0.684. The number of allylic oxidation sites excluding steroid dienone is 23. The molecule has 0 rings (SSSR count). The van der Waals surface area contributed by atoms with Gasteiger partial charge in [-0.1, -0.05) is 179 Å². The van der Waals surface area contributed by atoms with Gasteiger partial charge in [-0.15, -0.1) is 0 Å². The number of rotatable bonds is 41. The van der Waals surface area contributed by atoms with Gasteiger partial charge in [0.1, 0.15) is 12.7 Å². The summed E-state index contributed by atoms with van der Waals surface area (Å²) in [6.07, 6.45) is 68.0. The number of hydrogen-bond donors (Lipinski definition) is 3. The lowest BCUT2D eigenvalue weighted by molar-refractivity contribution is -0.146. The number of aliphatic hydroxyl groups excluding tert-OH is 1. The Hall–Kier alpha value is -4.11. The summed E-state index contributed by atoms with van der Waals surface area (Å²) in [5.41, 5.74) is 0. The molecule has 0 aromatic heterocycles. The van der Waals surface area contributed by atoms with E-state index in [2.05, 4.69) is 147 Å². The Balaban J connectivity index is 3.78. The topological polar surface area (TPSA) is 131 Å². The van der Waals surface area contributed by atoms with Crippen molar-refractivity contribution in [2.75, 3.05) is 26.4 Å². The van der Waals surface area contributed by atoms with Crippen LogP contribution in [0, 0.1) is 0 Å². The van der Waals surface area contributed by atoms with Gasteiger partial charge in [-0.05, 0) is 96.3 Å². The molecule has 63 heavy (non-hydrogen) atoms. The lowest BCUT2D eigenvalue weighted by Gasteiger charge is -2.15. The van der Waals surface area contributed by atoms with Gasteiger partial charge >= 0.3 is 13.8 Å². The Bertz CT molecular complexity index is 1530. The molecule has 0 aromatic rings. The standard InChI is InChI=1S/C53H82NO8P/c1-3-5-7-9-11-13-15-17-19-21-23-25-27-29-31-33-35-37-39-41-43-45-52(56)54-47-48-61-63(58,59)62-50-51(55)49-60-53(57)46-44-42-40-38-36-34-32-30-28-26-24-22-20-18-16-14-12-10-8-6-4-2/h5-8,11-14,17-20,23-26,29-32,36,38,42,44,51,55H,3-4,9-10,15-16,21-22,27-28,33-35,37,39-41,43,45-50H2,1-2H3,(H,54,56)(H,58,59)/b7-5-,8-6-,13-11-,14-12-,19-17-,20-18-,25-23-,26-24-,31-29-,32-30-,38-36-,44-42-. The maximum atomic E-state index is 12.1. The van der Waals surface area contributed by atoms with Gasteiger partial charge in [0, 0.05) is 13.0 Å². The van der Waals surface area contributed by atoms with E-state index in [1.54, 1.807) is 6.08 Å². The van der Waals surface area contributed by atoms with Crippen LogP contribution >= 0.6 is 7.82 Å². The van der Waals surface area contributed by atoms with Gasteiger partial charge in [0.15, 0.2) is 0 Å². The minimum Gasteiger partial charge on any atom is -0.463 e. The Kier molecular flexibility index (Phi) is 44.3. The Morgan fingerprint density at radius 2 is 0.889 bits per heavy atom. The van der Waals surface area contributed by atoms with Crippen LogP contribution in [0.25, 0.3) is 0 Å². The molecule has 2 unspecified atom stereocenters. The van der Waals surface area contributed by atoms with E-state index < -0.39 is 26.5 Å². The average Bonchev–Trinajstić information content (AvgIpc) is 3.27. The lowest BCUT2D eigenvalue weighted by Crippen LogP contribution is -2.27. The first-order valence-electron chi connectivity index (χ1n) is 23.3. The number of ether oxygens (including phenoxy) is 1. The summed E-state index contributed by atoms with van der Waals surface area (Å²) in [5, 5.41) is 12.7. The summed E-state index contributed by atoms with van der Waals surface area (Å²) < 4.78 is 26.8. The first-order valence-corrected chi connectivity index (χ1v) is 24.8. The fourth-order valence-electron chi connectivity index (χ4n) is 5.37. The first kappa shape index (κ1) is 58.9. The van der Waals surface area contributed by atoms with Gasteiger partial charge in [-0.25, -0.2) is 4.57 Å². The molecule has 0 spiro atoms. The molecule has 0 heterocycles. The number of phosphoric acid groups is 1. The minimum absolute atomic E-state index is 0.0376. The number of carbonyl (C=O) groups is 2. The molecular weight excluding hydrogens is 810 g/mol. The molecule has 0 saturated carbocycles. The van der Waals surface area contributed by atoms with Gasteiger partial charge in [0.05, 0.1) is 19.6 Å². The molecule has 9 nitrogen and oxygen atoms in total. The number of amides is 1. The van der Waals surface area contributed by atoms with Crippen molar-refractivity contribution in [3.8, 4) is 0 Å². The monoisotopic (exact) mass is 892 g/mol. The number of nitrogens with one attached hydrogen (secondary N) is 1. The van der Waals surface area contributed by atoms with Crippen molar-refractivity contribution in [1.82, 2.24) is 5.32 Å². The SMILES string of the molecule is CC/C=C\C/C=C\C/C=C\C/C=C\C/C=C\C/C=C\C/C=C\CC(=O)OCC(O)COP(=O)(O)OCCNC(=O)CCCCCCC/C=C\C/C=C\C/C=C\C/C=C\C/C=C\CC. The third-order valence-corrected chi connectivity index (χ3v) is 9.78. The number of phosphoric ester groups is 1. The highest BCUT2D eigenvalue weighted by Crippen LogP contribution is 2.42. The van der Waals surface area contributed by atoms with Crippen LogP contribution in [0.1, 0.15) is 142 Å². The van der Waals surface area contributed by atoms with E-state index in [0.29, 0.717) is 12.8 Å². The summed E-state index contributed by atoms with van der Waals surface area (Å²) in [4.78, 5) is 33.9. The van der Waals surface area contributed by atoms with Crippen molar-refractivity contribution < 1.29 is 37.9 Å². The third-order valence-electron chi connectivity index (χ3n) is 8.80. The highest BCUT2D eigenvalue weighted by molar-refractivity contribution is 7.47. The van der Waals surface area contributed by atoms with Gasteiger partial charge < -0.3 is 20.1 Å². The van der Waals surface area contributed by atoms with Gasteiger partial charge in [0.2, 0.25) is 5.91 Å². The molecule has 0 aromatic carbocycles. The molecule has 352 valence electrons. The highest BCUT2D eigenvalue weighted by atomic mass is 31.2. The van der Waals surface area contributed by atoms with Crippen molar-refractivity contribution in [3.63, 3.8) is 0 Å². The maximum Gasteiger partial charge on any atom is 0.472 e. The summed E-state index contributed by atoms with van der Waals surface area (Å²) in [6.45, 7) is 3.15. The van der Waals surface area contributed by atoms with Crippen LogP contribution in [0.5, 0.6) is 0 Å². The second-order valence-corrected chi connectivity index (χ2v) is 16.1. The van der Waals surface area contributed by atoms with Crippen LogP contribution in [0.4, 0.5) is 0 Å². The highest BCUT2D eigenvalue weighted by Gasteiger charge is 2.23. The lowest BCUT2D eigenvalue weighted by atomic mass is 10.1. The number of hydrogen-bond acceptors (Lipinski definition) is 7. The zero-order chi connectivity index (χ0) is 46.0. The largest absolute Gasteiger partial charge is 0.472 e. The van der Waals surface area contributed by atoms with E-state index in [0.717, 1.165) is 109 Å². The van der Waals surface area contributed by atoms with Crippen molar-refractivity contribution in [2.45, 2.75) is 148 Å². The maximum absolute atomic E-state index is 12.1. The van der Waals surface area contributed by atoms with Crippen molar-refractivity contribution in [2.24, 2.45) is 0 Å². The second-order valence-electron chi connectivity index (χ2n) is 14.6. The fourth-order valence-corrected chi connectivity index (χ4v) is 6.13. The summed E-state index contributed by atoms with van der Waals surface area (Å²) >= 11 is 0. The number of esters is 1. The van der Waals surface area contributed by atoms with E-state index in [9.17, 15) is 24.2 Å². The molecule has 2 atom stereocenters. The zero-order valence-electron chi connectivity index (χ0n) is 38.7. The smallest absolute Gasteiger partial charge is 0.463 e. The number of aliphatic hydroxyl groups is 1. The average molecular weight is 892 g/mol. The molecular formula is C53H82NO8P. The molecule has 0 aliphatic heterocycles. The van der Waals surface area contributed by atoms with Crippen molar-refractivity contribution >= 4 is 19.7 Å². The molecule has 0 saturated heterocycles. The molecule has 0 bridgehead atoms. The molecule has 0 fully saturated rings. The van der Waals surface area contributed by atoms with Crippen LogP contribution in [-0.2, 0) is 27.9 Å². The number of carbonyl (C=O) groups excluding carboxylic acids is 2. The van der Waals surface area contributed by atoms with Crippen molar-refractivity contribution in [1.29, 1.82) is 0 Å². The predicted molar refractivity (Wildman–Crippen MR) is 265 cm³/mol. The van der Waals surface area contributed by atoms with E-state index in [1.807, 2.05) is 12.2 Å². The molecule has 0 aliphatic rings. The van der Waals surface area contributed by atoms with Crippen LogP contribution < -0.4 is 5.32 Å². The Morgan fingerprint density at radius 1 is 0.508 bits per heavy atom. The summed E-state index contributed by atoms with van der Waals surface area (Å²) in [6, 6.07) is 0. The van der Waals surface area contributed by atoms with E-state index in [4.69, 9.17) is 13.8 Å². The van der Waals surface area contributed by atoms with Crippen LogP contribution in [0.3, 0.4) is 0 Å². The van der Waals surface area contributed by atoms with Crippen LogP contribution in [0.15, 0.2) is 146 Å².